The van der Waals surface area contributed by atoms with Crippen molar-refractivity contribution in [1.82, 2.24) is 10.2 Å². The van der Waals surface area contributed by atoms with E-state index in [1.165, 1.54) is 31.6 Å². The van der Waals surface area contributed by atoms with Crippen molar-refractivity contribution in [2.24, 2.45) is 17.0 Å². The van der Waals surface area contributed by atoms with E-state index in [4.69, 9.17) is 4.84 Å². The van der Waals surface area contributed by atoms with Crippen LogP contribution in [0.5, 0.6) is 0 Å². The summed E-state index contributed by atoms with van der Waals surface area (Å²) in [6, 6.07) is 1.65. The van der Waals surface area contributed by atoms with E-state index in [0.29, 0.717) is 6.10 Å². The predicted molar refractivity (Wildman–Crippen MR) is 85.1 cm³/mol. The number of oxime groups is 1. The molecule has 4 heterocycles. The van der Waals surface area contributed by atoms with Crippen LogP contribution in [0.25, 0.3) is 0 Å². The lowest BCUT2D eigenvalue weighted by Gasteiger charge is -2.26. The Labute approximate surface area is 133 Å². The van der Waals surface area contributed by atoms with Gasteiger partial charge in [-0.15, -0.1) is 24.8 Å². The Kier molecular flexibility index (Phi) is 5.22. The van der Waals surface area contributed by atoms with Crippen LogP contribution in [0.4, 0.5) is 0 Å². The molecule has 1 unspecified atom stereocenters. The Bertz CT molecular complexity index is 361. The van der Waals surface area contributed by atoms with Gasteiger partial charge in [-0.25, -0.2) is 0 Å². The van der Waals surface area contributed by atoms with Crippen molar-refractivity contribution in [2.45, 2.75) is 50.8 Å². The zero-order chi connectivity index (χ0) is 12.1. The van der Waals surface area contributed by atoms with Gasteiger partial charge in [-0.3, -0.25) is 4.90 Å². The first-order valence-corrected chi connectivity index (χ1v) is 7.55. The van der Waals surface area contributed by atoms with Crippen LogP contribution in [0.1, 0.15) is 32.6 Å². The molecule has 4 nitrogen and oxygen atoms in total. The van der Waals surface area contributed by atoms with Crippen molar-refractivity contribution in [1.29, 1.82) is 0 Å². The highest BCUT2D eigenvalue weighted by molar-refractivity contribution is 5.85. The van der Waals surface area contributed by atoms with Gasteiger partial charge in [-0.2, -0.15) is 0 Å². The summed E-state index contributed by atoms with van der Waals surface area (Å²) in [4.78, 5) is 8.35. The summed E-state index contributed by atoms with van der Waals surface area (Å²) in [6.45, 7) is 5.75. The summed E-state index contributed by atoms with van der Waals surface area (Å²) in [7, 11) is 0. The SMILES string of the molecule is CCC1=NOC(CN2[C@@H]3CC[C@H]2[C@H]2CNC[C@H]23)C1.Cl.Cl. The smallest absolute Gasteiger partial charge is 0.145 e. The predicted octanol–water partition coefficient (Wildman–Crippen LogP) is 2.07. The van der Waals surface area contributed by atoms with E-state index in [1.807, 2.05) is 0 Å². The fourth-order valence-electron chi connectivity index (χ4n) is 4.70. The molecular weight excluding hydrogens is 297 g/mol. The number of fused-ring (bicyclic) bond motifs is 5. The molecule has 4 aliphatic rings. The average Bonchev–Trinajstić information content (AvgIpc) is 3.10. The fourth-order valence-corrected chi connectivity index (χ4v) is 4.70. The molecule has 0 aliphatic carbocycles. The standard InChI is InChI=1S/C14H23N3O.2ClH/c1-2-9-5-10(18-16-9)8-17-13-3-4-14(17)12-7-15-6-11(12)13;;/h10-15H,2-8H2,1H3;2*1H/t10?,11-,12+,13-,14+;;. The molecule has 2 bridgehead atoms. The monoisotopic (exact) mass is 321 g/mol. The van der Waals surface area contributed by atoms with Crippen molar-refractivity contribution < 1.29 is 4.84 Å². The van der Waals surface area contributed by atoms with Crippen LogP contribution in [-0.2, 0) is 4.84 Å². The van der Waals surface area contributed by atoms with Crippen LogP contribution in [-0.4, -0.2) is 48.4 Å². The van der Waals surface area contributed by atoms with Crippen LogP contribution < -0.4 is 5.32 Å². The van der Waals surface area contributed by atoms with Gasteiger partial charge in [-0.05, 0) is 44.2 Å². The van der Waals surface area contributed by atoms with Gasteiger partial charge in [0.15, 0.2) is 0 Å². The molecule has 6 heteroatoms. The molecule has 0 amide bonds. The number of halogens is 2. The molecule has 116 valence electrons. The summed E-state index contributed by atoms with van der Waals surface area (Å²) >= 11 is 0. The maximum atomic E-state index is 5.60. The van der Waals surface area contributed by atoms with E-state index < -0.39 is 0 Å². The number of hydrogen-bond donors (Lipinski definition) is 1. The van der Waals surface area contributed by atoms with Crippen molar-refractivity contribution in [2.75, 3.05) is 19.6 Å². The largest absolute Gasteiger partial charge is 0.391 e. The molecule has 0 radical (unpaired) electrons. The molecule has 0 spiro atoms. The lowest BCUT2D eigenvalue weighted by molar-refractivity contribution is 0.0442. The Morgan fingerprint density at radius 3 is 2.40 bits per heavy atom. The third-order valence-corrected chi connectivity index (χ3v) is 5.53. The van der Waals surface area contributed by atoms with Gasteiger partial charge in [0.2, 0.25) is 0 Å². The summed E-state index contributed by atoms with van der Waals surface area (Å²) in [6.07, 6.45) is 5.23. The van der Waals surface area contributed by atoms with Gasteiger partial charge in [0.1, 0.15) is 6.10 Å². The number of nitrogens with zero attached hydrogens (tertiary/aromatic N) is 2. The first kappa shape index (κ1) is 16.3. The molecule has 3 fully saturated rings. The minimum atomic E-state index is 0. The van der Waals surface area contributed by atoms with E-state index in [1.54, 1.807) is 0 Å². The molecule has 20 heavy (non-hydrogen) atoms. The molecule has 3 saturated heterocycles. The van der Waals surface area contributed by atoms with Crippen LogP contribution in [0, 0.1) is 11.8 Å². The Morgan fingerprint density at radius 1 is 1.20 bits per heavy atom. The van der Waals surface area contributed by atoms with Crippen LogP contribution >= 0.6 is 24.8 Å². The topological polar surface area (TPSA) is 36.9 Å². The zero-order valence-electron chi connectivity index (χ0n) is 12.0. The Balaban J connectivity index is 0.000000735. The van der Waals surface area contributed by atoms with E-state index in [0.717, 1.165) is 43.3 Å². The fraction of sp³-hybridized carbons (Fsp3) is 0.929. The summed E-state index contributed by atoms with van der Waals surface area (Å²) in [5.74, 6) is 1.83. The first-order chi connectivity index (χ1) is 8.86. The summed E-state index contributed by atoms with van der Waals surface area (Å²) in [5.41, 5.74) is 1.24. The van der Waals surface area contributed by atoms with Gasteiger partial charge in [0.05, 0.1) is 5.71 Å². The molecule has 4 aliphatic heterocycles. The number of nitrogens with one attached hydrogen (secondary N) is 1. The van der Waals surface area contributed by atoms with E-state index >= 15 is 0 Å². The Morgan fingerprint density at radius 2 is 1.85 bits per heavy atom. The summed E-state index contributed by atoms with van der Waals surface area (Å²) in [5, 5.41) is 7.77. The molecule has 0 saturated carbocycles. The summed E-state index contributed by atoms with van der Waals surface area (Å²) < 4.78 is 0. The third-order valence-electron chi connectivity index (χ3n) is 5.53. The lowest BCUT2D eigenvalue weighted by Crippen LogP contribution is -2.39. The molecule has 4 rings (SSSR count). The lowest BCUT2D eigenvalue weighted by atomic mass is 9.82. The number of hydrogen-bond acceptors (Lipinski definition) is 4. The zero-order valence-corrected chi connectivity index (χ0v) is 13.6. The van der Waals surface area contributed by atoms with Crippen LogP contribution in [0.2, 0.25) is 0 Å². The first-order valence-electron chi connectivity index (χ1n) is 7.55. The minimum Gasteiger partial charge on any atom is -0.391 e. The molecule has 5 atom stereocenters. The number of rotatable bonds is 3. The highest BCUT2D eigenvalue weighted by Gasteiger charge is 2.54. The van der Waals surface area contributed by atoms with E-state index in [-0.39, 0.29) is 24.8 Å². The van der Waals surface area contributed by atoms with E-state index in [9.17, 15) is 0 Å². The molecule has 0 aromatic heterocycles. The quantitative estimate of drug-likeness (QED) is 0.864. The molecule has 0 aromatic carbocycles. The second-order valence-electron chi connectivity index (χ2n) is 6.34. The van der Waals surface area contributed by atoms with Crippen molar-refractivity contribution >= 4 is 30.5 Å². The van der Waals surface area contributed by atoms with Crippen molar-refractivity contribution in [3.8, 4) is 0 Å². The van der Waals surface area contributed by atoms with E-state index in [2.05, 4.69) is 22.3 Å². The van der Waals surface area contributed by atoms with Gasteiger partial charge in [-0.1, -0.05) is 12.1 Å². The second kappa shape index (κ2) is 6.39. The Hall–Kier alpha value is -0.0300. The normalized spacial score (nSPS) is 41.6. The minimum absolute atomic E-state index is 0. The van der Waals surface area contributed by atoms with Crippen LogP contribution in [0.15, 0.2) is 5.16 Å². The van der Waals surface area contributed by atoms with Gasteiger partial charge < -0.3 is 10.2 Å². The van der Waals surface area contributed by atoms with Gasteiger partial charge in [0.25, 0.3) is 0 Å². The van der Waals surface area contributed by atoms with Crippen molar-refractivity contribution in [3.63, 3.8) is 0 Å². The second-order valence-corrected chi connectivity index (χ2v) is 6.34. The van der Waals surface area contributed by atoms with Gasteiger partial charge >= 0.3 is 0 Å². The highest BCUT2D eigenvalue weighted by atomic mass is 35.5. The maximum absolute atomic E-state index is 5.60. The van der Waals surface area contributed by atoms with Gasteiger partial charge in [0, 0.05) is 25.0 Å². The average molecular weight is 322 g/mol. The molecule has 0 aromatic rings. The molecular formula is C14H25Cl2N3O. The highest BCUT2D eigenvalue weighted by Crippen LogP contribution is 2.47. The molecule has 1 N–H and O–H groups in total. The van der Waals surface area contributed by atoms with Crippen molar-refractivity contribution in [3.05, 3.63) is 0 Å². The third kappa shape index (κ3) is 2.45. The maximum Gasteiger partial charge on any atom is 0.145 e. The van der Waals surface area contributed by atoms with Crippen LogP contribution in [0.3, 0.4) is 0 Å².